The lowest BCUT2D eigenvalue weighted by atomic mass is 9.97. The Morgan fingerprint density at radius 1 is 1.41 bits per heavy atom. The maximum atomic E-state index is 5.62. The van der Waals surface area contributed by atoms with Crippen molar-refractivity contribution < 1.29 is 4.74 Å². The zero-order valence-corrected chi connectivity index (χ0v) is 12.4. The van der Waals surface area contributed by atoms with Gasteiger partial charge in [-0.25, -0.2) is 0 Å². The van der Waals surface area contributed by atoms with E-state index in [1.807, 2.05) is 7.05 Å². The Balaban J connectivity index is 2.67. The van der Waals surface area contributed by atoms with E-state index >= 15 is 0 Å². The summed E-state index contributed by atoms with van der Waals surface area (Å²) in [6.07, 6.45) is 3.94. The molecule has 0 spiro atoms. The molecule has 102 valence electrons. The second-order valence-corrected chi connectivity index (χ2v) is 5.83. The van der Waals surface area contributed by atoms with Crippen LogP contribution in [0.2, 0.25) is 0 Å². The second kappa shape index (κ2) is 6.17. The summed E-state index contributed by atoms with van der Waals surface area (Å²) in [7, 11) is 3.84. The molecule has 3 nitrogen and oxygen atoms in total. The second-order valence-electron chi connectivity index (χ2n) is 5.83. The van der Waals surface area contributed by atoms with Crippen LogP contribution in [0.5, 0.6) is 0 Å². The molecule has 1 aliphatic rings. The third-order valence-electron chi connectivity index (χ3n) is 4.53. The lowest BCUT2D eigenvalue weighted by molar-refractivity contribution is -0.0219. The molecule has 0 aromatic rings. The zero-order valence-electron chi connectivity index (χ0n) is 12.4. The SMILES string of the molecule is CCC1CCC(C)N1CC(NC)C(C)(C)OC. The van der Waals surface area contributed by atoms with Crippen LogP contribution in [0.1, 0.15) is 47.0 Å². The molecule has 0 aromatic carbocycles. The van der Waals surface area contributed by atoms with Gasteiger partial charge in [-0.1, -0.05) is 6.92 Å². The highest BCUT2D eigenvalue weighted by atomic mass is 16.5. The first kappa shape index (κ1) is 14.9. The van der Waals surface area contributed by atoms with Crippen molar-refractivity contribution in [2.45, 2.75) is 70.7 Å². The molecule has 3 heteroatoms. The van der Waals surface area contributed by atoms with E-state index in [9.17, 15) is 0 Å². The van der Waals surface area contributed by atoms with Crippen LogP contribution in [0.3, 0.4) is 0 Å². The molecular formula is C14H30N2O. The molecule has 0 bridgehead atoms. The van der Waals surface area contributed by atoms with Crippen molar-refractivity contribution in [3.05, 3.63) is 0 Å². The van der Waals surface area contributed by atoms with Gasteiger partial charge in [0, 0.05) is 31.8 Å². The van der Waals surface area contributed by atoms with Crippen LogP contribution in [0.4, 0.5) is 0 Å². The zero-order chi connectivity index (χ0) is 13.1. The van der Waals surface area contributed by atoms with Crippen molar-refractivity contribution in [3.63, 3.8) is 0 Å². The molecule has 0 saturated carbocycles. The molecule has 3 atom stereocenters. The predicted octanol–water partition coefficient (Wildman–Crippen LogP) is 2.26. The van der Waals surface area contributed by atoms with Crippen molar-refractivity contribution >= 4 is 0 Å². The number of nitrogens with one attached hydrogen (secondary N) is 1. The number of hydrogen-bond donors (Lipinski definition) is 1. The summed E-state index contributed by atoms with van der Waals surface area (Å²) in [5, 5.41) is 3.42. The summed E-state index contributed by atoms with van der Waals surface area (Å²) in [5.74, 6) is 0. The van der Waals surface area contributed by atoms with Gasteiger partial charge >= 0.3 is 0 Å². The van der Waals surface area contributed by atoms with E-state index in [1.165, 1.54) is 19.3 Å². The molecule has 1 heterocycles. The van der Waals surface area contributed by atoms with Gasteiger partial charge in [-0.3, -0.25) is 4.90 Å². The standard InChI is InChI=1S/C14H30N2O/c1-7-12-9-8-11(2)16(12)10-13(15-5)14(3,4)17-6/h11-13,15H,7-10H2,1-6H3. The van der Waals surface area contributed by atoms with Gasteiger partial charge in [0.05, 0.1) is 5.60 Å². The molecule has 0 amide bonds. The Bertz CT molecular complexity index is 230. The first-order valence-electron chi connectivity index (χ1n) is 6.94. The number of nitrogens with zero attached hydrogens (tertiary/aromatic N) is 1. The number of hydrogen-bond acceptors (Lipinski definition) is 3. The fourth-order valence-electron chi connectivity index (χ4n) is 2.90. The lowest BCUT2D eigenvalue weighted by Crippen LogP contribution is -2.54. The van der Waals surface area contributed by atoms with Crippen LogP contribution < -0.4 is 5.32 Å². The minimum Gasteiger partial charge on any atom is -0.377 e. The number of ether oxygens (including phenoxy) is 1. The molecule has 0 aliphatic carbocycles. The molecule has 3 unspecified atom stereocenters. The van der Waals surface area contributed by atoms with E-state index < -0.39 is 0 Å². The predicted molar refractivity (Wildman–Crippen MR) is 73.4 cm³/mol. The number of likely N-dealkylation sites (tertiary alicyclic amines) is 1. The van der Waals surface area contributed by atoms with Gasteiger partial charge in [0.15, 0.2) is 0 Å². The Labute approximate surface area is 107 Å². The van der Waals surface area contributed by atoms with Crippen LogP contribution in [0.15, 0.2) is 0 Å². The van der Waals surface area contributed by atoms with Gasteiger partial charge in [-0.2, -0.15) is 0 Å². The Morgan fingerprint density at radius 3 is 2.53 bits per heavy atom. The van der Waals surface area contributed by atoms with Gasteiger partial charge < -0.3 is 10.1 Å². The average molecular weight is 242 g/mol. The molecule has 1 rings (SSSR count). The summed E-state index contributed by atoms with van der Waals surface area (Å²) < 4.78 is 5.62. The first-order chi connectivity index (χ1) is 7.96. The van der Waals surface area contributed by atoms with Crippen molar-refractivity contribution in [2.75, 3.05) is 20.7 Å². The molecule has 0 radical (unpaired) electrons. The van der Waals surface area contributed by atoms with E-state index in [4.69, 9.17) is 4.74 Å². The Morgan fingerprint density at radius 2 is 2.06 bits per heavy atom. The average Bonchev–Trinajstić information content (AvgIpc) is 2.66. The summed E-state index contributed by atoms with van der Waals surface area (Å²) >= 11 is 0. The monoisotopic (exact) mass is 242 g/mol. The number of methoxy groups -OCH3 is 1. The molecule has 17 heavy (non-hydrogen) atoms. The van der Waals surface area contributed by atoms with Gasteiger partial charge in [0.2, 0.25) is 0 Å². The smallest absolute Gasteiger partial charge is 0.0787 e. The van der Waals surface area contributed by atoms with E-state index in [0.717, 1.165) is 12.6 Å². The van der Waals surface area contributed by atoms with E-state index in [-0.39, 0.29) is 5.60 Å². The first-order valence-corrected chi connectivity index (χ1v) is 6.94. The Hall–Kier alpha value is -0.120. The molecule has 1 saturated heterocycles. The topological polar surface area (TPSA) is 24.5 Å². The summed E-state index contributed by atoms with van der Waals surface area (Å²) in [4.78, 5) is 2.65. The largest absolute Gasteiger partial charge is 0.377 e. The normalized spacial score (nSPS) is 28.6. The van der Waals surface area contributed by atoms with E-state index in [0.29, 0.717) is 12.1 Å². The number of rotatable bonds is 6. The fraction of sp³-hybridized carbons (Fsp3) is 1.00. The quantitative estimate of drug-likeness (QED) is 0.773. The van der Waals surface area contributed by atoms with Crippen LogP contribution in [-0.2, 0) is 4.74 Å². The van der Waals surface area contributed by atoms with Crippen molar-refractivity contribution in [1.29, 1.82) is 0 Å². The minimum atomic E-state index is -0.116. The van der Waals surface area contributed by atoms with E-state index in [2.05, 4.69) is 37.9 Å². The van der Waals surface area contributed by atoms with Gasteiger partial charge in [0.1, 0.15) is 0 Å². The summed E-state index contributed by atoms with van der Waals surface area (Å²) in [6, 6.07) is 1.85. The van der Waals surface area contributed by atoms with Crippen molar-refractivity contribution in [1.82, 2.24) is 10.2 Å². The third kappa shape index (κ3) is 3.43. The van der Waals surface area contributed by atoms with Crippen molar-refractivity contribution in [2.24, 2.45) is 0 Å². The lowest BCUT2D eigenvalue weighted by Gasteiger charge is -2.38. The highest BCUT2D eigenvalue weighted by Gasteiger charge is 2.35. The van der Waals surface area contributed by atoms with Crippen LogP contribution in [0, 0.1) is 0 Å². The summed E-state index contributed by atoms with van der Waals surface area (Å²) in [5.41, 5.74) is -0.116. The Kier molecular flexibility index (Phi) is 5.42. The minimum absolute atomic E-state index is 0.116. The highest BCUT2D eigenvalue weighted by molar-refractivity contribution is 4.92. The molecule has 1 N–H and O–H groups in total. The van der Waals surface area contributed by atoms with Gasteiger partial charge in [0.25, 0.3) is 0 Å². The maximum absolute atomic E-state index is 5.62. The van der Waals surface area contributed by atoms with Crippen LogP contribution in [0.25, 0.3) is 0 Å². The van der Waals surface area contributed by atoms with Crippen LogP contribution in [-0.4, -0.2) is 49.3 Å². The van der Waals surface area contributed by atoms with Crippen LogP contribution >= 0.6 is 0 Å². The maximum Gasteiger partial charge on any atom is 0.0787 e. The molecular weight excluding hydrogens is 212 g/mol. The van der Waals surface area contributed by atoms with E-state index in [1.54, 1.807) is 7.11 Å². The van der Waals surface area contributed by atoms with Gasteiger partial charge in [-0.15, -0.1) is 0 Å². The molecule has 1 fully saturated rings. The molecule has 1 aliphatic heterocycles. The highest BCUT2D eigenvalue weighted by Crippen LogP contribution is 2.27. The van der Waals surface area contributed by atoms with Crippen molar-refractivity contribution in [3.8, 4) is 0 Å². The third-order valence-corrected chi connectivity index (χ3v) is 4.53. The van der Waals surface area contributed by atoms with Gasteiger partial charge in [-0.05, 0) is 47.1 Å². The summed E-state index contributed by atoms with van der Waals surface area (Å²) in [6.45, 7) is 10.1. The molecule has 0 aromatic heterocycles. The number of likely N-dealkylation sites (N-methyl/N-ethyl adjacent to an activating group) is 1. The fourth-order valence-corrected chi connectivity index (χ4v) is 2.90.